The minimum atomic E-state index is -5.25. The molecule has 0 aromatic heterocycles. The van der Waals surface area contributed by atoms with Crippen molar-refractivity contribution in [2.75, 3.05) is 0 Å². The summed E-state index contributed by atoms with van der Waals surface area (Å²) in [6.07, 6.45) is 2.14. The van der Waals surface area contributed by atoms with E-state index in [1.807, 2.05) is 0 Å². The number of imide groups is 1. The third-order valence-electron chi connectivity index (χ3n) is 2.77. The van der Waals surface area contributed by atoms with Gasteiger partial charge in [-0.15, -0.1) is 0 Å². The Kier molecular flexibility index (Phi) is 3.95. The number of nitrogens with zero attached hydrogens (tertiary/aromatic N) is 1. The Balaban J connectivity index is 2.34. The second-order valence-electron chi connectivity index (χ2n) is 4.26. The van der Waals surface area contributed by atoms with Gasteiger partial charge in [0.15, 0.2) is 0 Å². The topological polar surface area (TPSA) is 124 Å². The van der Waals surface area contributed by atoms with Crippen LogP contribution in [0.15, 0.2) is 30.4 Å². The number of hydrogen-bond acceptors (Lipinski definition) is 6. The fourth-order valence-electron chi connectivity index (χ4n) is 1.85. The maximum absolute atomic E-state index is 12.5. The molecule has 0 saturated carbocycles. The van der Waals surface area contributed by atoms with Gasteiger partial charge in [-0.25, -0.2) is 0 Å². The number of halogens is 1. The predicted molar refractivity (Wildman–Crippen MR) is 70.3 cm³/mol. The molecule has 0 radical (unpaired) electrons. The number of benzene rings is 1. The number of amides is 3. The first kappa shape index (κ1) is 15.6. The third-order valence-corrected chi connectivity index (χ3v) is 3.16. The quantitative estimate of drug-likeness (QED) is 0.590. The van der Waals surface area contributed by atoms with Crippen molar-refractivity contribution in [2.45, 2.75) is 6.54 Å². The van der Waals surface area contributed by atoms with Gasteiger partial charge in [0, 0.05) is 17.7 Å². The highest BCUT2D eigenvalue weighted by atomic mass is 32.3. The lowest BCUT2D eigenvalue weighted by Gasteiger charge is -2.16. The van der Waals surface area contributed by atoms with Crippen LogP contribution in [0.25, 0.3) is 0 Å². The van der Waals surface area contributed by atoms with Crippen LogP contribution in [0.5, 0.6) is 5.75 Å². The molecule has 0 spiro atoms. The Morgan fingerprint density at radius 3 is 2.32 bits per heavy atom. The molecule has 1 aromatic carbocycles. The summed E-state index contributed by atoms with van der Waals surface area (Å²) in [7, 11) is -5.25. The van der Waals surface area contributed by atoms with Crippen molar-refractivity contribution < 1.29 is 30.9 Å². The molecular formula is C12H9FN2O6S. The Morgan fingerprint density at radius 1 is 1.23 bits per heavy atom. The van der Waals surface area contributed by atoms with E-state index in [0.29, 0.717) is 0 Å². The van der Waals surface area contributed by atoms with E-state index in [0.717, 1.165) is 29.2 Å². The molecule has 0 fully saturated rings. The van der Waals surface area contributed by atoms with Crippen LogP contribution in [0.1, 0.15) is 15.9 Å². The average molecular weight is 328 g/mol. The number of hydrogen-bond donors (Lipinski definition) is 1. The summed E-state index contributed by atoms with van der Waals surface area (Å²) in [6.45, 7) is -0.244. The largest absolute Gasteiger partial charge is 0.488 e. The van der Waals surface area contributed by atoms with Crippen molar-refractivity contribution in [1.29, 1.82) is 0 Å². The lowest BCUT2D eigenvalue weighted by molar-refractivity contribution is -0.137. The van der Waals surface area contributed by atoms with Crippen LogP contribution >= 0.6 is 0 Å². The molecule has 1 aliphatic heterocycles. The fourth-order valence-corrected chi connectivity index (χ4v) is 2.18. The summed E-state index contributed by atoms with van der Waals surface area (Å²) < 4.78 is 37.3. The van der Waals surface area contributed by atoms with E-state index in [4.69, 9.17) is 5.73 Å². The Labute approximate surface area is 124 Å². The number of rotatable bonds is 5. The predicted octanol–water partition coefficient (Wildman–Crippen LogP) is -0.196. The van der Waals surface area contributed by atoms with Crippen molar-refractivity contribution in [3.05, 3.63) is 41.5 Å². The lowest BCUT2D eigenvalue weighted by atomic mass is 10.1. The minimum Gasteiger partial charge on any atom is -0.366 e. The van der Waals surface area contributed by atoms with Crippen LogP contribution < -0.4 is 9.92 Å². The second-order valence-corrected chi connectivity index (χ2v) is 5.21. The molecule has 0 aliphatic carbocycles. The molecule has 0 saturated heterocycles. The zero-order chi connectivity index (χ0) is 16.5. The van der Waals surface area contributed by atoms with E-state index in [-0.39, 0.29) is 17.7 Å². The van der Waals surface area contributed by atoms with E-state index in [1.165, 1.54) is 6.07 Å². The molecule has 2 N–H and O–H groups in total. The minimum absolute atomic E-state index is 0.182. The van der Waals surface area contributed by atoms with Crippen molar-refractivity contribution in [1.82, 2.24) is 4.90 Å². The van der Waals surface area contributed by atoms with Gasteiger partial charge in [-0.3, -0.25) is 19.3 Å². The average Bonchev–Trinajstić information content (AvgIpc) is 2.70. The van der Waals surface area contributed by atoms with Crippen LogP contribution in [0, 0.1) is 0 Å². The van der Waals surface area contributed by atoms with Crippen molar-refractivity contribution in [3.8, 4) is 5.75 Å². The SMILES string of the molecule is NC(=O)c1cc(OS(=O)(=O)F)ccc1CN1C(=O)C=CC1=O. The molecule has 116 valence electrons. The fraction of sp³-hybridized carbons (Fsp3) is 0.0833. The van der Waals surface area contributed by atoms with Crippen LogP contribution in [0.2, 0.25) is 0 Å². The van der Waals surface area contributed by atoms with Crippen LogP contribution in [-0.4, -0.2) is 31.0 Å². The molecule has 1 aliphatic rings. The number of primary amides is 1. The first-order chi connectivity index (χ1) is 10.2. The van der Waals surface area contributed by atoms with Gasteiger partial charge in [-0.05, 0) is 17.7 Å². The first-order valence-electron chi connectivity index (χ1n) is 5.78. The summed E-state index contributed by atoms with van der Waals surface area (Å²) in [6, 6.07) is 3.18. The first-order valence-corrected chi connectivity index (χ1v) is 7.08. The number of carbonyl (C=O) groups excluding carboxylic acids is 3. The van der Waals surface area contributed by atoms with Gasteiger partial charge in [0.1, 0.15) is 5.75 Å². The molecule has 2 rings (SSSR count). The van der Waals surface area contributed by atoms with Crippen molar-refractivity contribution in [2.24, 2.45) is 5.73 Å². The van der Waals surface area contributed by atoms with E-state index in [1.54, 1.807) is 0 Å². The zero-order valence-electron chi connectivity index (χ0n) is 10.9. The summed E-state index contributed by atoms with van der Waals surface area (Å²) in [5.74, 6) is -2.54. The Morgan fingerprint density at radius 2 is 1.82 bits per heavy atom. The number of carbonyl (C=O) groups is 3. The lowest BCUT2D eigenvalue weighted by Crippen LogP contribution is -2.30. The summed E-state index contributed by atoms with van der Waals surface area (Å²) >= 11 is 0. The van der Waals surface area contributed by atoms with Gasteiger partial charge < -0.3 is 9.92 Å². The molecule has 0 bridgehead atoms. The van der Waals surface area contributed by atoms with E-state index < -0.39 is 34.0 Å². The van der Waals surface area contributed by atoms with Crippen LogP contribution in [0.4, 0.5) is 3.89 Å². The third kappa shape index (κ3) is 3.47. The molecule has 0 unspecified atom stereocenters. The Hall–Kier alpha value is -2.75. The molecule has 0 atom stereocenters. The zero-order valence-corrected chi connectivity index (χ0v) is 11.7. The van der Waals surface area contributed by atoms with Crippen LogP contribution in [-0.2, 0) is 26.6 Å². The van der Waals surface area contributed by atoms with Crippen molar-refractivity contribution >= 4 is 28.2 Å². The molecule has 1 aromatic rings. The molecule has 8 nitrogen and oxygen atoms in total. The van der Waals surface area contributed by atoms with E-state index >= 15 is 0 Å². The highest BCUT2D eigenvalue weighted by Gasteiger charge is 2.25. The molecule has 1 heterocycles. The summed E-state index contributed by atoms with van der Waals surface area (Å²) in [5.41, 5.74) is 5.13. The van der Waals surface area contributed by atoms with Crippen LogP contribution in [0.3, 0.4) is 0 Å². The molecule has 10 heteroatoms. The Bertz CT molecular complexity index is 784. The maximum atomic E-state index is 12.5. The monoisotopic (exact) mass is 328 g/mol. The van der Waals surface area contributed by atoms with Gasteiger partial charge in [-0.2, -0.15) is 8.42 Å². The molecular weight excluding hydrogens is 319 g/mol. The highest BCUT2D eigenvalue weighted by Crippen LogP contribution is 2.22. The van der Waals surface area contributed by atoms with E-state index in [9.17, 15) is 26.7 Å². The molecule has 3 amide bonds. The standard InChI is InChI=1S/C12H9FN2O6S/c13-22(19,20)21-8-2-1-7(9(5-8)12(14)18)6-15-10(16)3-4-11(15)17/h1-5H,6H2,(H2,14,18). The summed E-state index contributed by atoms with van der Waals surface area (Å²) in [4.78, 5) is 35.2. The van der Waals surface area contributed by atoms with Gasteiger partial charge in [0.05, 0.1) is 6.54 Å². The smallest absolute Gasteiger partial charge is 0.366 e. The van der Waals surface area contributed by atoms with Gasteiger partial charge in [-0.1, -0.05) is 9.95 Å². The summed E-state index contributed by atoms with van der Waals surface area (Å²) in [5, 5.41) is 0. The van der Waals surface area contributed by atoms with E-state index in [2.05, 4.69) is 4.18 Å². The number of nitrogens with two attached hydrogens (primary N) is 1. The molecule has 22 heavy (non-hydrogen) atoms. The second kappa shape index (κ2) is 5.56. The van der Waals surface area contributed by atoms with Crippen molar-refractivity contribution in [3.63, 3.8) is 0 Å². The van der Waals surface area contributed by atoms with Gasteiger partial charge in [0.25, 0.3) is 11.8 Å². The van der Waals surface area contributed by atoms with Gasteiger partial charge in [0.2, 0.25) is 5.91 Å². The maximum Gasteiger partial charge on any atom is 0.488 e. The highest BCUT2D eigenvalue weighted by molar-refractivity contribution is 7.81. The normalized spacial score (nSPS) is 14.5. The van der Waals surface area contributed by atoms with Gasteiger partial charge >= 0.3 is 10.5 Å².